The summed E-state index contributed by atoms with van der Waals surface area (Å²) < 4.78 is 5.26. The van der Waals surface area contributed by atoms with Crippen LogP contribution in [0.3, 0.4) is 0 Å². The van der Waals surface area contributed by atoms with Crippen LogP contribution in [-0.4, -0.2) is 53.4 Å². The van der Waals surface area contributed by atoms with E-state index in [1.54, 1.807) is 7.11 Å². The minimum Gasteiger partial charge on any atom is -0.497 e. The lowest BCUT2D eigenvalue weighted by atomic mass is 9.95. The third-order valence-electron chi connectivity index (χ3n) is 5.78. The maximum atomic E-state index is 12.9. The number of aryl methyl sites for hydroxylation is 2. The first-order valence-corrected chi connectivity index (χ1v) is 10.9. The van der Waals surface area contributed by atoms with Crippen molar-refractivity contribution in [3.8, 4) is 5.75 Å². The molecule has 0 bridgehead atoms. The summed E-state index contributed by atoms with van der Waals surface area (Å²) in [5.74, 6) is 1.73. The van der Waals surface area contributed by atoms with Gasteiger partial charge in [-0.1, -0.05) is 12.1 Å². The Kier molecular flexibility index (Phi) is 7.60. The highest BCUT2D eigenvalue weighted by atomic mass is 16.5. The van der Waals surface area contributed by atoms with Crippen LogP contribution in [0.15, 0.2) is 24.3 Å². The summed E-state index contributed by atoms with van der Waals surface area (Å²) in [6, 6.07) is 7.64. The molecule has 1 aromatic carbocycles. The van der Waals surface area contributed by atoms with Crippen LogP contribution in [0.4, 0.5) is 0 Å². The number of amides is 2. The highest BCUT2D eigenvalue weighted by Gasteiger charge is 2.27. The van der Waals surface area contributed by atoms with Crippen LogP contribution in [0.2, 0.25) is 0 Å². The molecular weight excluding hydrogens is 392 g/mol. The Balaban J connectivity index is 1.69. The number of hydrogen-bond donors (Lipinski definition) is 1. The summed E-state index contributed by atoms with van der Waals surface area (Å²) in [5.41, 5.74) is 3.52. The number of likely N-dealkylation sites (tertiary alicyclic amines) is 1. The van der Waals surface area contributed by atoms with Crippen LogP contribution in [0.5, 0.6) is 5.75 Å². The molecule has 0 spiro atoms. The number of methoxy groups -OCH3 is 1. The minimum absolute atomic E-state index is 0.0166. The highest BCUT2D eigenvalue weighted by molar-refractivity contribution is 5.79. The average Bonchev–Trinajstić information content (AvgIpc) is 2.76. The van der Waals surface area contributed by atoms with E-state index in [1.165, 1.54) is 0 Å². The van der Waals surface area contributed by atoms with Crippen molar-refractivity contribution in [1.29, 1.82) is 0 Å². The fourth-order valence-electron chi connectivity index (χ4n) is 4.11. The number of benzene rings is 1. The van der Waals surface area contributed by atoms with Gasteiger partial charge in [-0.2, -0.15) is 0 Å². The second kappa shape index (κ2) is 10.4. The van der Waals surface area contributed by atoms with Gasteiger partial charge in [0.25, 0.3) is 0 Å². The maximum Gasteiger partial charge on any atom is 0.227 e. The van der Waals surface area contributed by atoms with Gasteiger partial charge in [0, 0.05) is 42.5 Å². The number of nitrogens with one attached hydrogen (secondary N) is 1. The first-order valence-electron chi connectivity index (χ1n) is 10.9. The van der Waals surface area contributed by atoms with Crippen LogP contribution >= 0.6 is 0 Å². The lowest BCUT2D eigenvalue weighted by Gasteiger charge is -2.32. The first kappa shape index (κ1) is 22.7. The Morgan fingerprint density at radius 3 is 2.61 bits per heavy atom. The molecule has 0 unspecified atom stereocenters. The molecular formula is C24H32N4O3. The van der Waals surface area contributed by atoms with Crippen molar-refractivity contribution in [2.45, 2.75) is 52.4 Å². The summed E-state index contributed by atoms with van der Waals surface area (Å²) in [4.78, 5) is 36.3. The number of likely N-dealkylation sites (N-methyl/N-ethyl adjacent to an activating group) is 1. The molecule has 0 radical (unpaired) electrons. The fraction of sp³-hybridized carbons (Fsp3) is 0.500. The summed E-state index contributed by atoms with van der Waals surface area (Å²) in [6.45, 7) is 7.76. The Morgan fingerprint density at radius 2 is 1.94 bits per heavy atom. The third-order valence-corrected chi connectivity index (χ3v) is 5.78. The number of aromatic nitrogens is 2. The molecule has 3 rings (SSSR count). The number of piperidine rings is 1. The van der Waals surface area contributed by atoms with Gasteiger partial charge >= 0.3 is 0 Å². The van der Waals surface area contributed by atoms with Crippen LogP contribution in [0, 0.1) is 13.8 Å². The number of hydrogen-bond acceptors (Lipinski definition) is 5. The van der Waals surface area contributed by atoms with Crippen molar-refractivity contribution in [1.82, 2.24) is 20.2 Å². The van der Waals surface area contributed by atoms with E-state index in [9.17, 15) is 9.59 Å². The number of nitrogens with zero attached hydrogens (tertiary/aromatic N) is 3. The summed E-state index contributed by atoms with van der Waals surface area (Å²) >= 11 is 0. The van der Waals surface area contributed by atoms with E-state index in [0.29, 0.717) is 25.9 Å². The molecule has 1 saturated heterocycles. The predicted octanol–water partition coefficient (Wildman–Crippen LogP) is 2.73. The van der Waals surface area contributed by atoms with Gasteiger partial charge in [-0.25, -0.2) is 9.97 Å². The summed E-state index contributed by atoms with van der Waals surface area (Å²) in [6.07, 6.45) is 2.53. The van der Waals surface area contributed by atoms with Gasteiger partial charge < -0.3 is 15.0 Å². The Bertz CT molecular complexity index is 921. The van der Waals surface area contributed by atoms with E-state index >= 15 is 0 Å². The Labute approximate surface area is 184 Å². The first-order chi connectivity index (χ1) is 14.9. The van der Waals surface area contributed by atoms with Gasteiger partial charge in [0.1, 0.15) is 11.6 Å². The largest absolute Gasteiger partial charge is 0.497 e. The molecule has 1 atom stereocenters. The summed E-state index contributed by atoms with van der Waals surface area (Å²) in [7, 11) is 1.63. The van der Waals surface area contributed by atoms with Crippen LogP contribution in [0.1, 0.15) is 54.0 Å². The molecule has 2 amide bonds. The van der Waals surface area contributed by atoms with Gasteiger partial charge in [0.05, 0.1) is 20.0 Å². The average molecular weight is 425 g/mol. The topological polar surface area (TPSA) is 84.4 Å². The zero-order valence-electron chi connectivity index (χ0n) is 18.9. The lowest BCUT2D eigenvalue weighted by Crippen LogP contribution is -2.40. The van der Waals surface area contributed by atoms with Crippen LogP contribution in [0.25, 0.3) is 0 Å². The monoisotopic (exact) mass is 424 g/mol. The van der Waals surface area contributed by atoms with Gasteiger partial charge in [0.15, 0.2) is 0 Å². The molecule has 2 heterocycles. The van der Waals surface area contributed by atoms with Crippen molar-refractivity contribution >= 4 is 11.8 Å². The summed E-state index contributed by atoms with van der Waals surface area (Å²) in [5, 5.41) is 2.83. The van der Waals surface area contributed by atoms with Crippen molar-refractivity contribution in [2.75, 3.05) is 26.7 Å². The SMILES string of the molecule is CCNC(=O)Cc1c(C)nc([C@H]2CCCN(C(=O)Cc3cccc(OC)c3)C2)nc1C. The van der Waals surface area contributed by atoms with E-state index < -0.39 is 0 Å². The van der Waals surface area contributed by atoms with Crippen molar-refractivity contribution < 1.29 is 14.3 Å². The molecule has 0 saturated carbocycles. The van der Waals surface area contributed by atoms with Gasteiger partial charge in [-0.3, -0.25) is 9.59 Å². The number of carbonyl (C=O) groups excluding carboxylic acids is 2. The second-order valence-electron chi connectivity index (χ2n) is 8.07. The smallest absolute Gasteiger partial charge is 0.227 e. The number of carbonyl (C=O) groups is 2. The Morgan fingerprint density at radius 1 is 1.19 bits per heavy atom. The van der Waals surface area contributed by atoms with E-state index in [2.05, 4.69) is 5.32 Å². The zero-order valence-corrected chi connectivity index (χ0v) is 18.9. The van der Waals surface area contributed by atoms with E-state index in [4.69, 9.17) is 14.7 Å². The molecule has 166 valence electrons. The molecule has 1 aliphatic rings. The van der Waals surface area contributed by atoms with Crippen molar-refractivity contribution in [3.63, 3.8) is 0 Å². The van der Waals surface area contributed by atoms with Crippen LogP contribution in [-0.2, 0) is 22.4 Å². The molecule has 1 fully saturated rings. The van der Waals surface area contributed by atoms with Gasteiger partial charge in [-0.15, -0.1) is 0 Å². The number of ether oxygens (including phenoxy) is 1. The molecule has 1 aliphatic heterocycles. The predicted molar refractivity (Wildman–Crippen MR) is 119 cm³/mol. The normalized spacial score (nSPS) is 16.1. The quantitative estimate of drug-likeness (QED) is 0.739. The molecule has 31 heavy (non-hydrogen) atoms. The van der Waals surface area contributed by atoms with E-state index in [1.807, 2.05) is 49.9 Å². The Hall–Kier alpha value is -2.96. The highest BCUT2D eigenvalue weighted by Crippen LogP contribution is 2.27. The van der Waals surface area contributed by atoms with Crippen molar-refractivity contribution in [2.24, 2.45) is 0 Å². The van der Waals surface area contributed by atoms with Crippen molar-refractivity contribution in [3.05, 3.63) is 52.6 Å². The zero-order chi connectivity index (χ0) is 22.4. The molecule has 0 aliphatic carbocycles. The molecule has 1 aromatic heterocycles. The van der Waals surface area contributed by atoms with Crippen LogP contribution < -0.4 is 10.1 Å². The van der Waals surface area contributed by atoms with E-state index in [-0.39, 0.29) is 17.7 Å². The maximum absolute atomic E-state index is 12.9. The minimum atomic E-state index is -0.0166. The molecule has 1 N–H and O–H groups in total. The molecule has 7 nitrogen and oxygen atoms in total. The third kappa shape index (κ3) is 5.81. The molecule has 7 heteroatoms. The van der Waals surface area contributed by atoms with Gasteiger partial charge in [-0.05, 0) is 51.3 Å². The van der Waals surface area contributed by atoms with Gasteiger partial charge in [0.2, 0.25) is 11.8 Å². The number of rotatable bonds is 7. The standard InChI is InChI=1S/C24H32N4O3/c1-5-25-22(29)14-21-16(2)26-24(27-17(21)3)19-9-7-11-28(15-19)23(30)13-18-8-6-10-20(12-18)31-4/h6,8,10,12,19H,5,7,9,11,13-15H2,1-4H3,(H,25,29)/t19-/m0/s1. The fourth-order valence-corrected chi connectivity index (χ4v) is 4.11. The molecule has 2 aromatic rings. The van der Waals surface area contributed by atoms with E-state index in [0.717, 1.165) is 53.5 Å². The second-order valence-corrected chi connectivity index (χ2v) is 8.07. The lowest BCUT2D eigenvalue weighted by molar-refractivity contribution is -0.131.